The van der Waals surface area contributed by atoms with Crippen LogP contribution >= 0.6 is 0 Å². The van der Waals surface area contributed by atoms with Gasteiger partial charge in [-0.1, -0.05) is 375 Å². The van der Waals surface area contributed by atoms with E-state index in [4.69, 9.17) is 58.1 Å². The summed E-state index contributed by atoms with van der Waals surface area (Å²) < 4.78 is 19.7. The van der Waals surface area contributed by atoms with E-state index in [0.717, 1.165) is 138 Å². The van der Waals surface area contributed by atoms with Crippen LogP contribution in [0, 0.1) is 0 Å². The van der Waals surface area contributed by atoms with Gasteiger partial charge in [0, 0.05) is 104 Å². The number of rotatable bonds is 11. The van der Waals surface area contributed by atoms with Crippen molar-refractivity contribution in [2.24, 2.45) is 0 Å². The van der Waals surface area contributed by atoms with Crippen LogP contribution in [-0.4, -0.2) is 44.9 Å². The van der Waals surface area contributed by atoms with Crippen molar-refractivity contribution in [1.82, 2.24) is 44.9 Å². The number of benzene rings is 17. The number of furan rings is 3. The second kappa shape index (κ2) is 31.3. The average Bonchev–Trinajstić information content (AvgIpc) is 1.56. The Balaban J connectivity index is 0.000000110. The highest BCUT2D eigenvalue weighted by Gasteiger charge is 2.41. The predicted octanol–water partition coefficient (Wildman–Crippen LogP) is 30.6. The third kappa shape index (κ3) is 13.4. The van der Waals surface area contributed by atoms with Crippen molar-refractivity contribution in [2.75, 3.05) is 0 Å². The van der Waals surface area contributed by atoms with Gasteiger partial charge in [-0.2, -0.15) is 0 Å². The standard InChI is InChI=1S/2C42H29N3O.C36H25N3O/c1-42(2)34-21-10-9-19-30(34)32-24-33-37(25-35(32)42)46-36-22-12-20-31(38(33)36)41-44-39(27-15-7-4-8-16-27)43-40(45-41)29-18-11-17-28(23-29)26-13-5-3-6-14-26;1-42(2)34-18-10-9-16-31(34)32-24-33-37(25-35(32)42)46-36-19-11-17-30(38(33)36)26-20-22-29(23-21-26)41-44-39(27-12-5-3-6-13-27)43-40(45-41)28-14-7-4-8-15-28;1-36(2)29-16-10-9-15-25(29)27-19-20-28-26-18-17-24(21-30(26)40-32(28)31(27)36)35-38-33(22-11-5-3-6-12-22)37-34(39-35)23-13-7-4-8-14-23/h2*3-25H,1-2H3;3-21H,1-2H3. The van der Waals surface area contributed by atoms with Gasteiger partial charge in [0.2, 0.25) is 0 Å². The molecule has 12 nitrogen and oxygen atoms in total. The van der Waals surface area contributed by atoms with E-state index in [-0.39, 0.29) is 16.2 Å². The normalized spacial score (nSPS) is 13.3. The first-order valence-electron chi connectivity index (χ1n) is 44.8. The van der Waals surface area contributed by atoms with Gasteiger partial charge in [0.25, 0.3) is 0 Å². The maximum Gasteiger partial charge on any atom is 0.164 e. The van der Waals surface area contributed by atoms with E-state index >= 15 is 0 Å². The van der Waals surface area contributed by atoms with Crippen LogP contribution in [0.3, 0.4) is 0 Å². The Morgan fingerprint density at radius 2 is 0.477 bits per heavy atom. The highest BCUT2D eigenvalue weighted by Crippen LogP contribution is 2.56. The van der Waals surface area contributed by atoms with E-state index in [1.807, 2.05) is 170 Å². The molecule has 0 saturated heterocycles. The molecule has 12 heteroatoms. The molecule has 0 spiro atoms. The lowest BCUT2D eigenvalue weighted by molar-refractivity contribution is 0.620. The second-order valence-electron chi connectivity index (χ2n) is 35.8. The number of aromatic nitrogens is 9. The summed E-state index contributed by atoms with van der Waals surface area (Å²) in [6.07, 6.45) is 0. The first-order valence-corrected chi connectivity index (χ1v) is 44.8. The van der Waals surface area contributed by atoms with E-state index in [9.17, 15) is 0 Å². The molecule has 0 amide bonds. The van der Waals surface area contributed by atoms with Gasteiger partial charge in [0.1, 0.15) is 33.5 Å². The predicted molar refractivity (Wildman–Crippen MR) is 534 cm³/mol. The summed E-state index contributed by atoms with van der Waals surface area (Å²) in [5, 5.41) is 6.56. The first-order chi connectivity index (χ1) is 64.7. The SMILES string of the molecule is CC1(C)c2ccccc2-c2cc3c(cc21)oc1cccc(-c2ccc(-c4nc(-c5ccccc5)nc(-c5ccccc5)n4)cc2)c13.CC1(C)c2ccccc2-c2cc3c(cc21)oc1cccc(-c2nc(-c4ccccc4)nc(-c4cccc(-c5ccccc5)c4)n2)c13.CC1(C)c2ccccc2-c2ccc3c(oc4cc(-c5nc(-c6ccccc6)nc(-c6ccccc6)n5)ccc43)c21. The molecule has 0 bridgehead atoms. The van der Waals surface area contributed by atoms with E-state index < -0.39 is 0 Å². The lowest BCUT2D eigenvalue weighted by Gasteiger charge is -2.21. The van der Waals surface area contributed by atoms with Gasteiger partial charge in [-0.15, -0.1) is 0 Å². The molecule has 0 fully saturated rings. The molecule has 3 aliphatic carbocycles. The van der Waals surface area contributed by atoms with Crippen molar-refractivity contribution in [3.8, 4) is 158 Å². The molecular weight excluding hydrogens is 1620 g/mol. The third-order valence-corrected chi connectivity index (χ3v) is 26.8. The van der Waals surface area contributed by atoms with E-state index in [2.05, 4.69) is 266 Å². The molecule has 6 aromatic heterocycles. The van der Waals surface area contributed by atoms with Crippen molar-refractivity contribution < 1.29 is 13.3 Å². The largest absolute Gasteiger partial charge is 0.456 e. The smallest absolute Gasteiger partial charge is 0.164 e. The van der Waals surface area contributed by atoms with Crippen molar-refractivity contribution in [1.29, 1.82) is 0 Å². The summed E-state index contributed by atoms with van der Waals surface area (Å²) in [6, 6.07) is 136. The fourth-order valence-electron chi connectivity index (χ4n) is 20.2. The highest BCUT2D eigenvalue weighted by atomic mass is 16.3. The van der Waals surface area contributed by atoms with Gasteiger partial charge in [0.05, 0.1) is 0 Å². The first kappa shape index (κ1) is 78.6. The molecule has 626 valence electrons. The lowest BCUT2D eigenvalue weighted by atomic mass is 9.82. The van der Waals surface area contributed by atoms with Crippen LogP contribution in [0.15, 0.2) is 408 Å². The van der Waals surface area contributed by atoms with Gasteiger partial charge >= 0.3 is 0 Å². The van der Waals surface area contributed by atoms with Crippen LogP contribution in [0.2, 0.25) is 0 Å². The Hall–Kier alpha value is -16.8. The van der Waals surface area contributed by atoms with Gasteiger partial charge in [-0.25, -0.2) is 44.9 Å². The zero-order valence-corrected chi connectivity index (χ0v) is 73.3. The van der Waals surface area contributed by atoms with Crippen LogP contribution in [0.5, 0.6) is 0 Å². The summed E-state index contributed by atoms with van der Waals surface area (Å²) >= 11 is 0. The van der Waals surface area contributed by atoms with Gasteiger partial charge in [0.15, 0.2) is 52.4 Å². The van der Waals surface area contributed by atoms with E-state index in [0.29, 0.717) is 52.4 Å². The lowest BCUT2D eigenvalue weighted by Crippen LogP contribution is -2.15. The molecule has 6 heterocycles. The molecular formula is C120H83N9O3. The fourth-order valence-corrected chi connectivity index (χ4v) is 20.2. The maximum atomic E-state index is 6.68. The monoisotopic (exact) mass is 1700 g/mol. The van der Waals surface area contributed by atoms with Gasteiger partial charge < -0.3 is 13.3 Å². The molecule has 0 unspecified atom stereocenters. The zero-order chi connectivity index (χ0) is 88.5. The average molecular weight is 1700 g/mol. The number of hydrogen-bond donors (Lipinski definition) is 0. The minimum absolute atomic E-state index is 0.0759. The van der Waals surface area contributed by atoms with Crippen LogP contribution in [0.1, 0.15) is 74.9 Å². The molecule has 0 radical (unpaired) electrons. The van der Waals surface area contributed by atoms with Crippen LogP contribution in [-0.2, 0) is 16.2 Å². The van der Waals surface area contributed by atoms with Crippen molar-refractivity contribution in [2.45, 2.75) is 57.8 Å². The summed E-state index contributed by atoms with van der Waals surface area (Å²) in [5.74, 6) is 5.73. The number of hydrogen-bond acceptors (Lipinski definition) is 12. The van der Waals surface area contributed by atoms with Crippen molar-refractivity contribution in [3.63, 3.8) is 0 Å². The van der Waals surface area contributed by atoms with Gasteiger partial charge in [-0.3, -0.25) is 0 Å². The van der Waals surface area contributed by atoms with Gasteiger partial charge in [-0.05, 0) is 144 Å². The summed E-state index contributed by atoms with van der Waals surface area (Å²) in [7, 11) is 0. The minimum Gasteiger partial charge on any atom is -0.456 e. The summed E-state index contributed by atoms with van der Waals surface area (Å²) in [6.45, 7) is 13.8. The summed E-state index contributed by atoms with van der Waals surface area (Å²) in [4.78, 5) is 44.5. The topological polar surface area (TPSA) is 155 Å². The second-order valence-corrected chi connectivity index (χ2v) is 35.8. The Bertz CT molecular complexity index is 8410. The molecule has 3 aliphatic rings. The number of fused-ring (bicyclic) bond motifs is 19. The summed E-state index contributed by atoms with van der Waals surface area (Å²) in [5.41, 5.74) is 33.5. The third-order valence-electron chi connectivity index (χ3n) is 26.8. The quantitative estimate of drug-likeness (QED) is 0.121. The van der Waals surface area contributed by atoms with Crippen molar-refractivity contribution >= 4 is 65.8 Å². The molecule has 0 aliphatic heterocycles. The van der Waals surface area contributed by atoms with Crippen LogP contribution < -0.4 is 0 Å². The fraction of sp³-hybridized carbons (Fsp3) is 0.0750. The molecule has 23 aromatic rings. The van der Waals surface area contributed by atoms with Crippen LogP contribution in [0.4, 0.5) is 0 Å². The number of nitrogens with zero attached hydrogens (tertiary/aromatic N) is 9. The Morgan fingerprint density at radius 1 is 0.167 bits per heavy atom. The van der Waals surface area contributed by atoms with Crippen molar-refractivity contribution in [3.05, 3.63) is 428 Å². The zero-order valence-electron chi connectivity index (χ0n) is 73.3. The molecule has 0 saturated carbocycles. The van der Waals surface area contributed by atoms with E-state index in [1.54, 1.807) is 0 Å². The highest BCUT2D eigenvalue weighted by molar-refractivity contribution is 6.16. The maximum absolute atomic E-state index is 6.68. The Morgan fingerprint density at radius 3 is 0.932 bits per heavy atom. The Labute approximate surface area is 762 Å². The Kier molecular flexibility index (Phi) is 18.6. The van der Waals surface area contributed by atoms with E-state index in [1.165, 1.54) is 66.8 Å². The molecule has 132 heavy (non-hydrogen) atoms. The molecule has 0 atom stereocenters. The molecule has 0 N–H and O–H groups in total. The molecule has 26 rings (SSSR count). The molecule has 17 aromatic carbocycles. The minimum atomic E-state index is -0.147. The van der Waals surface area contributed by atoms with Crippen LogP contribution in [0.25, 0.3) is 224 Å².